The lowest BCUT2D eigenvalue weighted by Gasteiger charge is -2.25. The number of rotatable bonds is 7. The molecule has 0 atom stereocenters. The van der Waals surface area contributed by atoms with E-state index in [0.29, 0.717) is 11.0 Å². The van der Waals surface area contributed by atoms with Gasteiger partial charge in [0.15, 0.2) is 0 Å². The molecule has 0 bridgehead atoms. The van der Waals surface area contributed by atoms with E-state index in [-0.39, 0.29) is 24.7 Å². The maximum Gasteiger partial charge on any atom is 0.226 e. The van der Waals surface area contributed by atoms with Crippen molar-refractivity contribution in [3.05, 3.63) is 5.01 Å². The zero-order valence-corrected chi connectivity index (χ0v) is 12.5. The van der Waals surface area contributed by atoms with Crippen LogP contribution in [0.2, 0.25) is 0 Å². The number of hydrogen-bond donors (Lipinski definition) is 2. The highest BCUT2D eigenvalue weighted by atomic mass is 32.1. The number of nitrogens with one attached hydrogen (secondary N) is 2. The molecule has 0 spiro atoms. The Hall–Kier alpha value is -1.50. The normalized spacial score (nSPS) is 14.7. The first-order valence-corrected chi connectivity index (χ1v) is 7.88. The summed E-state index contributed by atoms with van der Waals surface area (Å²) in [6, 6.07) is 0. The number of nitrogens with zero attached hydrogens (tertiary/aromatic N) is 2. The van der Waals surface area contributed by atoms with Gasteiger partial charge in [0.2, 0.25) is 16.9 Å². The third-order valence-corrected chi connectivity index (χ3v) is 4.39. The number of aryl methyl sites for hydroxylation is 1. The van der Waals surface area contributed by atoms with E-state index < -0.39 is 0 Å². The minimum absolute atomic E-state index is 0.0569. The highest BCUT2D eigenvalue weighted by Gasteiger charge is 2.18. The van der Waals surface area contributed by atoms with Crippen LogP contribution in [0.15, 0.2) is 0 Å². The van der Waals surface area contributed by atoms with Gasteiger partial charge in [0, 0.05) is 19.4 Å². The SMILES string of the molecule is CCc1nnc(NC(=O)CCC(=O)NCC2CCC2)s1. The van der Waals surface area contributed by atoms with Gasteiger partial charge in [-0.05, 0) is 25.2 Å². The summed E-state index contributed by atoms with van der Waals surface area (Å²) < 4.78 is 0. The first-order chi connectivity index (χ1) is 9.67. The fourth-order valence-corrected chi connectivity index (χ4v) is 2.59. The smallest absolute Gasteiger partial charge is 0.226 e. The Kier molecular flexibility index (Phi) is 5.46. The standard InChI is InChI=1S/C13H20N4O2S/c1-2-12-16-17-13(20-12)15-11(19)7-6-10(18)14-8-9-4-3-5-9/h9H,2-8H2,1H3,(H,14,18)(H,15,17,19). The van der Waals surface area contributed by atoms with Crippen molar-refractivity contribution in [3.8, 4) is 0 Å². The molecule has 2 N–H and O–H groups in total. The van der Waals surface area contributed by atoms with Crippen molar-refractivity contribution in [2.24, 2.45) is 5.92 Å². The molecule has 0 radical (unpaired) electrons. The van der Waals surface area contributed by atoms with Crippen LogP contribution in [-0.4, -0.2) is 28.6 Å². The van der Waals surface area contributed by atoms with E-state index in [4.69, 9.17) is 0 Å². The van der Waals surface area contributed by atoms with E-state index in [0.717, 1.165) is 18.0 Å². The Morgan fingerprint density at radius 2 is 2.00 bits per heavy atom. The lowest BCUT2D eigenvalue weighted by Crippen LogP contribution is -2.32. The number of amides is 2. The molecule has 20 heavy (non-hydrogen) atoms. The average Bonchev–Trinajstić information content (AvgIpc) is 2.82. The lowest BCUT2D eigenvalue weighted by molar-refractivity contribution is -0.124. The Bertz CT molecular complexity index is 471. The van der Waals surface area contributed by atoms with Crippen LogP contribution in [0, 0.1) is 5.92 Å². The molecule has 0 aromatic carbocycles. The highest BCUT2D eigenvalue weighted by molar-refractivity contribution is 7.15. The first-order valence-electron chi connectivity index (χ1n) is 7.06. The van der Waals surface area contributed by atoms with Crippen molar-refractivity contribution < 1.29 is 9.59 Å². The van der Waals surface area contributed by atoms with Gasteiger partial charge in [-0.25, -0.2) is 0 Å². The first kappa shape index (κ1) is 14.9. The van der Waals surface area contributed by atoms with Crippen LogP contribution in [0.5, 0.6) is 0 Å². The molecule has 1 heterocycles. The average molecular weight is 296 g/mol. The molecule has 2 rings (SSSR count). The minimum Gasteiger partial charge on any atom is -0.356 e. The number of carbonyl (C=O) groups excluding carboxylic acids is 2. The minimum atomic E-state index is -0.192. The largest absolute Gasteiger partial charge is 0.356 e. The summed E-state index contributed by atoms with van der Waals surface area (Å²) in [5, 5.41) is 14.7. The van der Waals surface area contributed by atoms with E-state index in [1.807, 2.05) is 6.92 Å². The van der Waals surface area contributed by atoms with Crippen molar-refractivity contribution in [2.45, 2.75) is 45.4 Å². The van der Waals surface area contributed by atoms with Gasteiger partial charge in [-0.3, -0.25) is 9.59 Å². The fraction of sp³-hybridized carbons (Fsp3) is 0.692. The molecule has 7 heteroatoms. The maximum absolute atomic E-state index is 11.7. The zero-order valence-electron chi connectivity index (χ0n) is 11.6. The van der Waals surface area contributed by atoms with Crippen molar-refractivity contribution in [1.82, 2.24) is 15.5 Å². The molecule has 110 valence electrons. The molecular formula is C13H20N4O2S. The van der Waals surface area contributed by atoms with Crippen LogP contribution in [0.3, 0.4) is 0 Å². The van der Waals surface area contributed by atoms with E-state index in [9.17, 15) is 9.59 Å². The van der Waals surface area contributed by atoms with Gasteiger partial charge in [-0.2, -0.15) is 0 Å². The Morgan fingerprint density at radius 1 is 1.25 bits per heavy atom. The van der Waals surface area contributed by atoms with Crippen LogP contribution in [-0.2, 0) is 16.0 Å². The molecule has 1 aliphatic carbocycles. The number of hydrogen-bond acceptors (Lipinski definition) is 5. The van der Waals surface area contributed by atoms with E-state index in [1.165, 1.54) is 30.6 Å². The molecule has 0 aliphatic heterocycles. The second kappa shape index (κ2) is 7.33. The van der Waals surface area contributed by atoms with Crippen LogP contribution >= 0.6 is 11.3 Å². The summed E-state index contributed by atoms with van der Waals surface area (Å²) in [4.78, 5) is 23.2. The molecule has 1 fully saturated rings. The van der Waals surface area contributed by atoms with Gasteiger partial charge in [-0.15, -0.1) is 10.2 Å². The second-order valence-electron chi connectivity index (χ2n) is 5.00. The molecule has 1 aromatic rings. The molecule has 1 aliphatic rings. The highest BCUT2D eigenvalue weighted by Crippen LogP contribution is 2.25. The van der Waals surface area contributed by atoms with E-state index in [2.05, 4.69) is 20.8 Å². The number of carbonyl (C=O) groups is 2. The van der Waals surface area contributed by atoms with Gasteiger partial charge < -0.3 is 10.6 Å². The monoisotopic (exact) mass is 296 g/mol. The molecule has 6 nitrogen and oxygen atoms in total. The van der Waals surface area contributed by atoms with Crippen LogP contribution in [0.4, 0.5) is 5.13 Å². The van der Waals surface area contributed by atoms with Gasteiger partial charge >= 0.3 is 0 Å². The summed E-state index contributed by atoms with van der Waals surface area (Å²) >= 11 is 1.37. The molecule has 1 aromatic heterocycles. The van der Waals surface area contributed by atoms with Crippen molar-refractivity contribution in [3.63, 3.8) is 0 Å². The molecular weight excluding hydrogens is 276 g/mol. The number of anilines is 1. The summed E-state index contributed by atoms with van der Waals surface area (Å²) in [7, 11) is 0. The molecule has 0 saturated heterocycles. The summed E-state index contributed by atoms with van der Waals surface area (Å²) in [5.41, 5.74) is 0. The maximum atomic E-state index is 11.7. The Balaban J connectivity index is 1.62. The summed E-state index contributed by atoms with van der Waals surface area (Å²) in [6.45, 7) is 2.73. The summed E-state index contributed by atoms with van der Waals surface area (Å²) in [6.07, 6.45) is 4.88. The van der Waals surface area contributed by atoms with E-state index in [1.54, 1.807) is 0 Å². The van der Waals surface area contributed by atoms with Crippen molar-refractivity contribution in [2.75, 3.05) is 11.9 Å². The third kappa shape index (κ3) is 4.56. The zero-order chi connectivity index (χ0) is 14.4. The van der Waals surface area contributed by atoms with Gasteiger partial charge in [0.25, 0.3) is 0 Å². The third-order valence-electron chi connectivity index (χ3n) is 3.41. The molecule has 0 unspecified atom stereocenters. The summed E-state index contributed by atoms with van der Waals surface area (Å²) in [5.74, 6) is 0.391. The lowest BCUT2D eigenvalue weighted by atomic mass is 9.85. The van der Waals surface area contributed by atoms with Crippen LogP contribution in [0.25, 0.3) is 0 Å². The molecule has 2 amide bonds. The quantitative estimate of drug-likeness (QED) is 0.802. The number of aromatic nitrogens is 2. The van der Waals surface area contributed by atoms with Gasteiger partial charge in [-0.1, -0.05) is 24.7 Å². The Morgan fingerprint density at radius 3 is 2.60 bits per heavy atom. The fourth-order valence-electron chi connectivity index (χ4n) is 1.90. The van der Waals surface area contributed by atoms with Gasteiger partial charge in [0.1, 0.15) is 5.01 Å². The van der Waals surface area contributed by atoms with Gasteiger partial charge in [0.05, 0.1) is 0 Å². The second-order valence-corrected chi connectivity index (χ2v) is 6.07. The van der Waals surface area contributed by atoms with Crippen molar-refractivity contribution in [1.29, 1.82) is 0 Å². The topological polar surface area (TPSA) is 84.0 Å². The van der Waals surface area contributed by atoms with Crippen LogP contribution < -0.4 is 10.6 Å². The molecule has 1 saturated carbocycles. The predicted octanol–water partition coefficient (Wildman–Crippen LogP) is 1.74. The predicted molar refractivity (Wildman–Crippen MR) is 77.5 cm³/mol. The van der Waals surface area contributed by atoms with E-state index >= 15 is 0 Å². The van der Waals surface area contributed by atoms with Crippen molar-refractivity contribution >= 4 is 28.3 Å². The Labute approximate surface area is 122 Å². The van der Waals surface area contributed by atoms with Crippen LogP contribution in [0.1, 0.15) is 44.0 Å².